The Morgan fingerprint density at radius 1 is 1.00 bits per heavy atom. The third-order valence-electron chi connectivity index (χ3n) is 6.05. The molecule has 140 valence electrons. The molecule has 1 heterocycles. The number of carbonyl (C=O) groups excluding carboxylic acids is 1. The van der Waals surface area contributed by atoms with E-state index in [1.165, 1.54) is 25.0 Å². The van der Waals surface area contributed by atoms with Gasteiger partial charge < -0.3 is 15.5 Å². The molecule has 3 aliphatic rings. The van der Waals surface area contributed by atoms with E-state index in [1.54, 1.807) is 12.1 Å². The molecule has 1 amide bonds. The molecule has 1 aromatic carbocycles. The molecule has 2 aliphatic carbocycles. The van der Waals surface area contributed by atoms with Gasteiger partial charge in [-0.3, -0.25) is 4.79 Å². The lowest BCUT2D eigenvalue weighted by Gasteiger charge is -2.39. The molecule has 0 radical (unpaired) electrons. The Kier molecular flexibility index (Phi) is 6.57. The number of nitrogens with two attached hydrogens (primary N) is 1. The molecule has 25 heavy (non-hydrogen) atoms. The minimum atomic E-state index is -0.215. The third-order valence-corrected chi connectivity index (χ3v) is 6.05. The monoisotopic (exact) mass is 389 g/mol. The van der Waals surface area contributed by atoms with Crippen LogP contribution in [-0.4, -0.2) is 43.0 Å². The average Bonchev–Trinajstić information content (AvgIpc) is 3.16. The van der Waals surface area contributed by atoms with Crippen LogP contribution in [0.3, 0.4) is 0 Å². The molecule has 4 nitrogen and oxygen atoms in total. The number of rotatable bonds is 2. The second-order valence-electron chi connectivity index (χ2n) is 7.23. The molecule has 0 spiro atoms. The van der Waals surface area contributed by atoms with Gasteiger partial charge in [0.1, 0.15) is 5.82 Å². The lowest BCUT2D eigenvalue weighted by atomic mass is 9.84. The van der Waals surface area contributed by atoms with Crippen LogP contribution in [0.1, 0.15) is 19.3 Å². The second-order valence-corrected chi connectivity index (χ2v) is 7.23. The number of benzene rings is 1. The van der Waals surface area contributed by atoms with Crippen LogP contribution in [0, 0.1) is 23.6 Å². The molecule has 2 saturated carbocycles. The smallest absolute Gasteiger partial charge is 0.227 e. The summed E-state index contributed by atoms with van der Waals surface area (Å²) in [6.07, 6.45) is 3.52. The van der Waals surface area contributed by atoms with Gasteiger partial charge in [0.25, 0.3) is 0 Å². The summed E-state index contributed by atoms with van der Waals surface area (Å²) in [6, 6.07) is 6.65. The van der Waals surface area contributed by atoms with E-state index in [0.29, 0.717) is 11.8 Å². The molecule has 2 N–H and O–H groups in total. The van der Waals surface area contributed by atoms with Crippen molar-refractivity contribution in [3.05, 3.63) is 30.1 Å². The predicted octanol–water partition coefficient (Wildman–Crippen LogP) is 2.69. The fraction of sp³-hybridized carbons (Fsp3) is 0.611. The summed E-state index contributed by atoms with van der Waals surface area (Å²) in [5.41, 5.74) is 7.33. The maximum atomic E-state index is 13.0. The van der Waals surface area contributed by atoms with E-state index < -0.39 is 0 Å². The highest BCUT2D eigenvalue weighted by Gasteiger charge is 2.50. The van der Waals surface area contributed by atoms with Crippen LogP contribution in [0.15, 0.2) is 24.3 Å². The second kappa shape index (κ2) is 8.11. The highest BCUT2D eigenvalue weighted by atomic mass is 35.5. The summed E-state index contributed by atoms with van der Waals surface area (Å²) < 4.78 is 13.0. The molecule has 1 saturated heterocycles. The molecule has 4 unspecified atom stereocenters. The van der Waals surface area contributed by atoms with Gasteiger partial charge in [0, 0.05) is 37.9 Å². The zero-order valence-corrected chi connectivity index (χ0v) is 15.8. The van der Waals surface area contributed by atoms with Crippen molar-refractivity contribution < 1.29 is 9.18 Å². The van der Waals surface area contributed by atoms with Crippen molar-refractivity contribution in [1.29, 1.82) is 0 Å². The SMILES string of the molecule is Cl.Cl.NC1C2CCC(C2)C1C(=O)N1CCN(c2ccc(F)cc2)CC1. The quantitative estimate of drug-likeness (QED) is 0.845. The first kappa shape index (κ1) is 20.3. The van der Waals surface area contributed by atoms with Crippen LogP contribution in [0.2, 0.25) is 0 Å². The largest absolute Gasteiger partial charge is 0.368 e. The van der Waals surface area contributed by atoms with Crippen LogP contribution >= 0.6 is 24.8 Å². The molecule has 4 rings (SSSR count). The zero-order chi connectivity index (χ0) is 16.0. The fourth-order valence-electron chi connectivity index (χ4n) is 4.75. The number of anilines is 1. The number of halogens is 3. The van der Waals surface area contributed by atoms with E-state index >= 15 is 0 Å². The van der Waals surface area contributed by atoms with Gasteiger partial charge in [-0.25, -0.2) is 4.39 Å². The maximum Gasteiger partial charge on any atom is 0.227 e. The van der Waals surface area contributed by atoms with Crippen LogP contribution < -0.4 is 10.6 Å². The van der Waals surface area contributed by atoms with Crippen molar-refractivity contribution in [2.45, 2.75) is 25.3 Å². The van der Waals surface area contributed by atoms with Gasteiger partial charge in [-0.15, -0.1) is 24.8 Å². The van der Waals surface area contributed by atoms with E-state index in [1.807, 2.05) is 4.90 Å². The minimum Gasteiger partial charge on any atom is -0.368 e. The number of amides is 1. The van der Waals surface area contributed by atoms with Crippen molar-refractivity contribution >= 4 is 36.4 Å². The lowest BCUT2D eigenvalue weighted by Crippen LogP contribution is -2.53. The Hall–Kier alpha value is -1.04. The van der Waals surface area contributed by atoms with E-state index in [9.17, 15) is 9.18 Å². The van der Waals surface area contributed by atoms with Gasteiger partial charge in [-0.05, 0) is 55.4 Å². The number of hydrogen-bond donors (Lipinski definition) is 1. The topological polar surface area (TPSA) is 49.6 Å². The van der Waals surface area contributed by atoms with Crippen LogP contribution in [-0.2, 0) is 4.79 Å². The molecule has 4 atom stereocenters. The summed E-state index contributed by atoms with van der Waals surface area (Å²) in [7, 11) is 0. The molecule has 3 fully saturated rings. The first-order valence-corrected chi connectivity index (χ1v) is 8.68. The molecular weight excluding hydrogens is 364 g/mol. The van der Waals surface area contributed by atoms with Gasteiger partial charge >= 0.3 is 0 Å². The summed E-state index contributed by atoms with van der Waals surface area (Å²) in [5, 5.41) is 0. The molecule has 2 bridgehead atoms. The summed E-state index contributed by atoms with van der Waals surface area (Å²) in [4.78, 5) is 17.1. The van der Waals surface area contributed by atoms with Crippen LogP contribution in [0.25, 0.3) is 0 Å². The Bertz CT molecular complexity index is 590. The number of nitrogens with zero attached hydrogens (tertiary/aromatic N) is 2. The van der Waals surface area contributed by atoms with Crippen molar-refractivity contribution in [2.24, 2.45) is 23.5 Å². The average molecular weight is 390 g/mol. The molecular formula is C18H26Cl2FN3O. The number of piperazine rings is 1. The van der Waals surface area contributed by atoms with Gasteiger partial charge in [0.05, 0.1) is 5.92 Å². The fourth-order valence-corrected chi connectivity index (χ4v) is 4.75. The van der Waals surface area contributed by atoms with E-state index in [0.717, 1.165) is 38.3 Å². The Balaban J connectivity index is 0.00000113. The van der Waals surface area contributed by atoms with Crippen molar-refractivity contribution in [3.8, 4) is 0 Å². The normalized spacial score (nSPS) is 30.6. The summed E-state index contributed by atoms with van der Waals surface area (Å²) in [6.45, 7) is 3.06. The Morgan fingerprint density at radius 3 is 2.16 bits per heavy atom. The number of hydrogen-bond acceptors (Lipinski definition) is 3. The van der Waals surface area contributed by atoms with Gasteiger partial charge in [-0.1, -0.05) is 0 Å². The lowest BCUT2D eigenvalue weighted by molar-refractivity contribution is -0.138. The van der Waals surface area contributed by atoms with Crippen LogP contribution in [0.5, 0.6) is 0 Å². The maximum absolute atomic E-state index is 13.0. The van der Waals surface area contributed by atoms with Gasteiger partial charge in [0.2, 0.25) is 5.91 Å². The van der Waals surface area contributed by atoms with Gasteiger partial charge in [-0.2, -0.15) is 0 Å². The Morgan fingerprint density at radius 2 is 1.60 bits per heavy atom. The molecule has 0 aromatic heterocycles. The summed E-state index contributed by atoms with van der Waals surface area (Å²) in [5.74, 6) is 1.18. The standard InChI is InChI=1S/C18H24FN3O.2ClH/c19-14-3-5-15(6-4-14)21-7-9-22(10-8-21)18(23)16-12-1-2-13(11-12)17(16)20;;/h3-6,12-13,16-17H,1-2,7-11,20H2;2*1H. The van der Waals surface area contributed by atoms with Crippen molar-refractivity contribution in [1.82, 2.24) is 4.90 Å². The van der Waals surface area contributed by atoms with Gasteiger partial charge in [0.15, 0.2) is 0 Å². The zero-order valence-electron chi connectivity index (χ0n) is 14.1. The van der Waals surface area contributed by atoms with E-state index in [-0.39, 0.29) is 48.5 Å². The molecule has 7 heteroatoms. The predicted molar refractivity (Wildman–Crippen MR) is 102 cm³/mol. The van der Waals surface area contributed by atoms with Crippen molar-refractivity contribution in [3.63, 3.8) is 0 Å². The number of fused-ring (bicyclic) bond motifs is 2. The van der Waals surface area contributed by atoms with E-state index in [2.05, 4.69) is 4.90 Å². The first-order chi connectivity index (χ1) is 11.1. The van der Waals surface area contributed by atoms with E-state index in [4.69, 9.17) is 5.73 Å². The Labute approximate surface area is 160 Å². The van der Waals surface area contributed by atoms with Crippen LogP contribution in [0.4, 0.5) is 10.1 Å². The summed E-state index contributed by atoms with van der Waals surface area (Å²) >= 11 is 0. The number of carbonyl (C=O) groups is 1. The van der Waals surface area contributed by atoms with Crippen molar-refractivity contribution in [2.75, 3.05) is 31.1 Å². The molecule has 1 aromatic rings. The minimum absolute atomic E-state index is 0. The third kappa shape index (κ3) is 3.74. The highest BCUT2D eigenvalue weighted by molar-refractivity contribution is 5.85. The highest BCUT2D eigenvalue weighted by Crippen LogP contribution is 2.48. The first-order valence-electron chi connectivity index (χ1n) is 8.68. The molecule has 1 aliphatic heterocycles.